The van der Waals surface area contributed by atoms with Gasteiger partial charge in [-0.1, -0.05) is 72.8 Å². The topological polar surface area (TPSA) is 102 Å². The van der Waals surface area contributed by atoms with Crippen LogP contribution in [0.4, 0.5) is 0 Å². The van der Waals surface area contributed by atoms with E-state index in [-0.39, 0.29) is 64.6 Å². The Balaban J connectivity index is 2.08. The lowest BCUT2D eigenvalue weighted by atomic mass is 9.88. The predicted octanol–water partition coefficient (Wildman–Crippen LogP) is 3.08. The van der Waals surface area contributed by atoms with Crippen molar-refractivity contribution in [3.63, 3.8) is 0 Å². The largest absolute Gasteiger partial charge is 0.289 e. The fraction of sp³-hybridized carbons (Fsp3) is 0. The maximum Gasteiger partial charge on any atom is 0.195 e. The summed E-state index contributed by atoms with van der Waals surface area (Å²) in [4.78, 5) is 82.8. The summed E-state index contributed by atoms with van der Waals surface area (Å²) in [6.45, 7) is 0. The van der Waals surface area contributed by atoms with Gasteiger partial charge in [-0.3, -0.25) is 28.8 Å². The highest BCUT2D eigenvalue weighted by Gasteiger charge is 2.26. The van der Waals surface area contributed by atoms with E-state index in [2.05, 4.69) is 0 Å². The molecule has 0 atom stereocenters. The molecule has 0 amide bonds. The molecule has 36 heavy (non-hydrogen) atoms. The summed E-state index contributed by atoms with van der Waals surface area (Å²) in [7, 11) is 0. The molecule has 0 unspecified atom stereocenters. The fourth-order valence-corrected chi connectivity index (χ4v) is 5.56. The molecule has 0 radical (unpaired) electrons. The molecule has 0 spiro atoms. The molecule has 168 valence electrons. The predicted molar refractivity (Wildman–Crippen MR) is 143 cm³/mol. The number of benzene rings is 7. The fourth-order valence-electron chi connectivity index (χ4n) is 5.56. The van der Waals surface area contributed by atoms with Crippen LogP contribution in [-0.2, 0) is 0 Å². The summed E-state index contributed by atoms with van der Waals surface area (Å²) >= 11 is 0. The minimum atomic E-state index is -0.640. The summed E-state index contributed by atoms with van der Waals surface area (Å²) in [6.07, 6.45) is 0. The van der Waals surface area contributed by atoms with E-state index in [4.69, 9.17) is 0 Å². The van der Waals surface area contributed by atoms with E-state index >= 15 is 0 Å². The van der Waals surface area contributed by atoms with E-state index < -0.39 is 32.6 Å². The monoisotopic (exact) mass is 468 g/mol. The van der Waals surface area contributed by atoms with Crippen molar-refractivity contribution in [1.29, 1.82) is 0 Å². The van der Waals surface area contributed by atoms with Gasteiger partial charge in [0, 0.05) is 64.6 Å². The van der Waals surface area contributed by atoms with Crippen LogP contribution in [0.15, 0.2) is 102 Å². The van der Waals surface area contributed by atoms with Crippen LogP contribution in [0.2, 0.25) is 0 Å². The summed E-state index contributed by atoms with van der Waals surface area (Å²) in [5.74, 6) is 0. The van der Waals surface area contributed by atoms with Crippen molar-refractivity contribution in [3.05, 3.63) is 134 Å². The molecule has 6 nitrogen and oxygen atoms in total. The zero-order valence-electron chi connectivity index (χ0n) is 18.4. The first-order valence-corrected chi connectivity index (χ1v) is 11.2. The molecule has 0 saturated carbocycles. The molecule has 0 heterocycles. The second kappa shape index (κ2) is 6.73. The van der Waals surface area contributed by atoms with E-state index in [9.17, 15) is 28.8 Å². The van der Waals surface area contributed by atoms with Crippen molar-refractivity contribution >= 4 is 64.6 Å². The molecule has 0 aliphatic carbocycles. The van der Waals surface area contributed by atoms with Gasteiger partial charge in [0.05, 0.1) is 0 Å². The van der Waals surface area contributed by atoms with Crippen molar-refractivity contribution in [2.75, 3.05) is 0 Å². The lowest BCUT2D eigenvalue weighted by molar-refractivity contribution is 1.64. The smallest absolute Gasteiger partial charge is 0.195 e. The standard InChI is InChI=1S/C30H12O6/c31-25-13-7-1-2-8-14(13)26(32)20-19(25)21-23(29(35)16-10-4-3-9-15(16)27(21)33)24-22(20)28(34)17-11-5-6-12-18(17)30(24)36/h1-12H. The molecule has 0 aliphatic rings. The van der Waals surface area contributed by atoms with Crippen molar-refractivity contribution < 1.29 is 0 Å². The van der Waals surface area contributed by atoms with Gasteiger partial charge in [0.2, 0.25) is 0 Å². The average molecular weight is 468 g/mol. The summed E-state index contributed by atoms with van der Waals surface area (Å²) < 4.78 is 0. The Hall–Kier alpha value is -5.10. The highest BCUT2D eigenvalue weighted by Crippen LogP contribution is 2.29. The van der Waals surface area contributed by atoms with Crippen molar-refractivity contribution in [2.24, 2.45) is 0 Å². The SMILES string of the molecule is O=c1c2ccccc2c(=O)c2c1c1c(=O)c3ccccc3c(=O)c1c1c(=O)c3ccccc3c(=O)c21. The molecule has 0 saturated heterocycles. The van der Waals surface area contributed by atoms with Crippen molar-refractivity contribution in [3.8, 4) is 0 Å². The maximum absolute atomic E-state index is 13.8. The van der Waals surface area contributed by atoms with Crippen LogP contribution < -0.4 is 32.6 Å². The third kappa shape index (κ3) is 2.25. The van der Waals surface area contributed by atoms with E-state index in [1.165, 1.54) is 36.4 Å². The van der Waals surface area contributed by atoms with Gasteiger partial charge in [0.1, 0.15) is 0 Å². The van der Waals surface area contributed by atoms with E-state index in [0.717, 1.165) is 0 Å². The third-order valence-electron chi connectivity index (χ3n) is 7.11. The van der Waals surface area contributed by atoms with Gasteiger partial charge in [0.25, 0.3) is 0 Å². The molecule has 7 aromatic rings. The Bertz CT molecular complexity index is 2000. The van der Waals surface area contributed by atoms with Crippen LogP contribution in [0.3, 0.4) is 0 Å². The number of hydrogen-bond acceptors (Lipinski definition) is 6. The molecule has 0 aromatic heterocycles. The van der Waals surface area contributed by atoms with Crippen LogP contribution in [0.5, 0.6) is 0 Å². The van der Waals surface area contributed by atoms with E-state index in [1.807, 2.05) is 0 Å². The molecular formula is C30H12O6. The quantitative estimate of drug-likeness (QED) is 0.250. The van der Waals surface area contributed by atoms with Crippen LogP contribution in [-0.4, -0.2) is 0 Å². The normalized spacial score (nSPS) is 12.0. The van der Waals surface area contributed by atoms with Crippen LogP contribution >= 0.6 is 0 Å². The first-order chi connectivity index (χ1) is 17.4. The van der Waals surface area contributed by atoms with Crippen molar-refractivity contribution in [1.82, 2.24) is 0 Å². The van der Waals surface area contributed by atoms with E-state index in [1.54, 1.807) is 36.4 Å². The van der Waals surface area contributed by atoms with Gasteiger partial charge in [0.15, 0.2) is 32.6 Å². The van der Waals surface area contributed by atoms with Crippen LogP contribution in [0.25, 0.3) is 64.6 Å². The van der Waals surface area contributed by atoms with Gasteiger partial charge < -0.3 is 0 Å². The third-order valence-corrected chi connectivity index (χ3v) is 7.11. The second-order valence-corrected chi connectivity index (χ2v) is 8.86. The lowest BCUT2D eigenvalue weighted by Crippen LogP contribution is -2.24. The number of rotatable bonds is 0. The Morgan fingerprint density at radius 2 is 0.389 bits per heavy atom. The zero-order chi connectivity index (χ0) is 24.9. The Labute approximate surface area is 198 Å². The number of fused-ring (bicyclic) bond motifs is 9. The maximum atomic E-state index is 13.8. The van der Waals surface area contributed by atoms with Gasteiger partial charge in [-0.25, -0.2) is 0 Å². The minimum Gasteiger partial charge on any atom is -0.289 e. The molecule has 7 aromatic carbocycles. The summed E-state index contributed by atoms with van der Waals surface area (Å²) in [5, 5.41) is -1.29. The Morgan fingerprint density at radius 3 is 0.528 bits per heavy atom. The summed E-state index contributed by atoms with van der Waals surface area (Å²) in [6, 6.07) is 18.3. The molecular weight excluding hydrogens is 456 g/mol. The van der Waals surface area contributed by atoms with Gasteiger partial charge in [-0.2, -0.15) is 0 Å². The van der Waals surface area contributed by atoms with Crippen LogP contribution in [0, 0.1) is 0 Å². The lowest BCUT2D eigenvalue weighted by Gasteiger charge is -2.11. The first kappa shape index (κ1) is 20.3. The molecule has 6 heteroatoms. The second-order valence-electron chi connectivity index (χ2n) is 8.86. The molecule has 0 fully saturated rings. The summed E-state index contributed by atoms with van der Waals surface area (Å²) in [5.41, 5.74) is -3.84. The van der Waals surface area contributed by atoms with Gasteiger partial charge >= 0.3 is 0 Å². The van der Waals surface area contributed by atoms with E-state index in [0.29, 0.717) is 0 Å². The van der Waals surface area contributed by atoms with Crippen LogP contribution in [0.1, 0.15) is 0 Å². The van der Waals surface area contributed by atoms with Gasteiger partial charge in [-0.15, -0.1) is 0 Å². The highest BCUT2D eigenvalue weighted by atomic mass is 16.1. The van der Waals surface area contributed by atoms with Crippen molar-refractivity contribution in [2.45, 2.75) is 0 Å². The average Bonchev–Trinajstić information content (AvgIpc) is 2.92. The highest BCUT2D eigenvalue weighted by molar-refractivity contribution is 6.29. The minimum absolute atomic E-state index is 0.0752. The zero-order valence-corrected chi connectivity index (χ0v) is 18.4. The van der Waals surface area contributed by atoms with Gasteiger partial charge in [-0.05, 0) is 0 Å². The first-order valence-electron chi connectivity index (χ1n) is 11.2. The Morgan fingerprint density at radius 1 is 0.250 bits per heavy atom. The molecule has 7 rings (SSSR count). The molecule has 0 N–H and O–H groups in total. The number of hydrogen-bond donors (Lipinski definition) is 0. The Kier molecular flexibility index (Phi) is 3.79. The molecule has 0 aliphatic heterocycles. The molecule has 0 bridgehead atoms.